The van der Waals surface area contributed by atoms with Crippen LogP contribution in [0.3, 0.4) is 0 Å². The van der Waals surface area contributed by atoms with Crippen molar-refractivity contribution in [1.82, 2.24) is 4.90 Å². The van der Waals surface area contributed by atoms with Crippen molar-refractivity contribution in [2.75, 3.05) is 27.3 Å². The number of aryl methyl sites for hydroxylation is 1. The first kappa shape index (κ1) is 18.1. The van der Waals surface area contributed by atoms with Crippen LogP contribution in [0.25, 0.3) is 11.0 Å². The molecule has 2 aromatic carbocycles. The van der Waals surface area contributed by atoms with E-state index in [2.05, 4.69) is 0 Å². The van der Waals surface area contributed by atoms with Gasteiger partial charge in [-0.2, -0.15) is 0 Å². The van der Waals surface area contributed by atoms with Crippen molar-refractivity contribution >= 4 is 28.5 Å². The van der Waals surface area contributed by atoms with E-state index in [-0.39, 0.29) is 5.91 Å². The van der Waals surface area contributed by atoms with Crippen LogP contribution in [0.15, 0.2) is 46.9 Å². The van der Waals surface area contributed by atoms with Crippen molar-refractivity contribution in [2.45, 2.75) is 6.92 Å². The summed E-state index contributed by atoms with van der Waals surface area (Å²) < 4.78 is 16.5. The molecule has 1 aromatic heterocycles. The summed E-state index contributed by atoms with van der Waals surface area (Å²) in [5.74, 6) is 1.63. The van der Waals surface area contributed by atoms with Crippen LogP contribution in [0.5, 0.6) is 11.5 Å². The molecule has 3 rings (SSSR count). The molecule has 136 valence electrons. The molecule has 0 atom stereocenters. The van der Waals surface area contributed by atoms with E-state index < -0.39 is 0 Å². The lowest BCUT2D eigenvalue weighted by molar-refractivity contribution is 0.0744. The fourth-order valence-corrected chi connectivity index (χ4v) is 2.82. The predicted molar refractivity (Wildman–Crippen MR) is 101 cm³/mol. The average molecular weight is 374 g/mol. The van der Waals surface area contributed by atoms with Crippen molar-refractivity contribution in [3.63, 3.8) is 0 Å². The van der Waals surface area contributed by atoms with E-state index >= 15 is 0 Å². The van der Waals surface area contributed by atoms with E-state index in [0.29, 0.717) is 29.5 Å². The molecule has 1 heterocycles. The van der Waals surface area contributed by atoms with E-state index in [1.165, 1.54) is 0 Å². The highest BCUT2D eigenvalue weighted by molar-refractivity contribution is 6.31. The van der Waals surface area contributed by atoms with Gasteiger partial charge in [-0.25, -0.2) is 0 Å². The topological polar surface area (TPSA) is 51.9 Å². The fourth-order valence-electron chi connectivity index (χ4n) is 2.64. The standard InChI is InChI=1S/C20H20ClNO4/c1-13-17-12-14(21)4-9-18(17)26-19(13)20(23)22(2)10-11-25-16-7-5-15(24-3)6-8-16/h4-9,12H,10-11H2,1-3H3. The molecule has 0 saturated heterocycles. The zero-order valence-corrected chi connectivity index (χ0v) is 15.7. The number of methoxy groups -OCH3 is 1. The molecule has 0 spiro atoms. The van der Waals surface area contributed by atoms with Crippen molar-refractivity contribution in [3.8, 4) is 11.5 Å². The largest absolute Gasteiger partial charge is 0.497 e. The minimum absolute atomic E-state index is 0.187. The highest BCUT2D eigenvalue weighted by Gasteiger charge is 2.21. The second kappa shape index (κ2) is 7.70. The number of amides is 1. The number of hydrogen-bond acceptors (Lipinski definition) is 4. The Bertz CT molecular complexity index is 917. The molecular formula is C20H20ClNO4. The molecule has 0 radical (unpaired) electrons. The number of halogens is 1. The van der Waals surface area contributed by atoms with E-state index in [9.17, 15) is 4.79 Å². The van der Waals surface area contributed by atoms with E-state index in [0.717, 1.165) is 22.4 Å². The Kier molecular flexibility index (Phi) is 5.38. The van der Waals surface area contributed by atoms with Gasteiger partial charge in [-0.3, -0.25) is 4.79 Å². The molecule has 0 aliphatic heterocycles. The highest BCUT2D eigenvalue weighted by Crippen LogP contribution is 2.28. The Morgan fingerprint density at radius 1 is 1.15 bits per heavy atom. The molecular weight excluding hydrogens is 354 g/mol. The Morgan fingerprint density at radius 2 is 1.85 bits per heavy atom. The lowest BCUT2D eigenvalue weighted by Gasteiger charge is -2.16. The fraction of sp³-hybridized carbons (Fsp3) is 0.250. The first-order chi connectivity index (χ1) is 12.5. The van der Waals surface area contributed by atoms with E-state index in [1.807, 2.05) is 31.2 Å². The third-order valence-corrected chi connectivity index (χ3v) is 4.43. The average Bonchev–Trinajstić information content (AvgIpc) is 2.97. The predicted octanol–water partition coefficient (Wildman–Crippen LogP) is 4.55. The number of rotatable bonds is 6. The zero-order chi connectivity index (χ0) is 18.7. The summed E-state index contributed by atoms with van der Waals surface area (Å²) in [5.41, 5.74) is 1.44. The molecule has 0 aliphatic rings. The van der Waals surface area contributed by atoms with Crippen LogP contribution in [-0.2, 0) is 0 Å². The van der Waals surface area contributed by atoms with Gasteiger partial charge >= 0.3 is 0 Å². The van der Waals surface area contributed by atoms with Gasteiger partial charge in [-0.05, 0) is 49.4 Å². The molecule has 26 heavy (non-hydrogen) atoms. The molecule has 0 fully saturated rings. The maximum absolute atomic E-state index is 12.7. The van der Waals surface area contributed by atoms with Crippen LogP contribution in [0.2, 0.25) is 5.02 Å². The zero-order valence-electron chi connectivity index (χ0n) is 14.9. The Balaban J connectivity index is 1.63. The van der Waals surface area contributed by atoms with Gasteiger partial charge < -0.3 is 18.8 Å². The minimum atomic E-state index is -0.187. The minimum Gasteiger partial charge on any atom is -0.497 e. The third kappa shape index (κ3) is 3.78. The Labute approximate surface area is 157 Å². The molecule has 0 N–H and O–H groups in total. The van der Waals surface area contributed by atoms with Crippen LogP contribution in [-0.4, -0.2) is 38.1 Å². The number of ether oxygens (including phenoxy) is 2. The van der Waals surface area contributed by atoms with Gasteiger partial charge in [-0.15, -0.1) is 0 Å². The normalized spacial score (nSPS) is 10.8. The van der Waals surface area contributed by atoms with Crippen LogP contribution in [0.1, 0.15) is 16.1 Å². The smallest absolute Gasteiger partial charge is 0.289 e. The molecule has 6 heteroatoms. The number of benzene rings is 2. The van der Waals surface area contributed by atoms with Gasteiger partial charge in [0.05, 0.1) is 13.7 Å². The molecule has 0 saturated carbocycles. The van der Waals surface area contributed by atoms with Gasteiger partial charge in [0.15, 0.2) is 5.76 Å². The number of furan rings is 1. The van der Waals surface area contributed by atoms with Crippen molar-refractivity contribution < 1.29 is 18.7 Å². The monoisotopic (exact) mass is 373 g/mol. The SMILES string of the molecule is COc1ccc(OCCN(C)C(=O)c2oc3ccc(Cl)cc3c2C)cc1. The summed E-state index contributed by atoms with van der Waals surface area (Å²) in [4.78, 5) is 14.3. The first-order valence-corrected chi connectivity index (χ1v) is 8.58. The van der Waals surface area contributed by atoms with Crippen molar-refractivity contribution in [3.05, 3.63) is 58.8 Å². The van der Waals surface area contributed by atoms with Crippen LogP contribution >= 0.6 is 11.6 Å². The van der Waals surface area contributed by atoms with Crippen molar-refractivity contribution in [2.24, 2.45) is 0 Å². The molecule has 0 aliphatic carbocycles. The maximum atomic E-state index is 12.7. The first-order valence-electron chi connectivity index (χ1n) is 8.20. The van der Waals surface area contributed by atoms with E-state index in [1.54, 1.807) is 37.3 Å². The molecule has 0 unspecified atom stereocenters. The number of carbonyl (C=O) groups excluding carboxylic acids is 1. The summed E-state index contributed by atoms with van der Waals surface area (Å²) in [6.45, 7) is 2.67. The molecule has 0 bridgehead atoms. The molecule has 1 amide bonds. The number of carbonyl (C=O) groups is 1. The summed E-state index contributed by atoms with van der Waals surface area (Å²) in [6, 6.07) is 12.6. The lowest BCUT2D eigenvalue weighted by atomic mass is 10.1. The number of nitrogens with zero attached hydrogens (tertiary/aromatic N) is 1. The van der Waals surface area contributed by atoms with Gasteiger partial charge in [0.1, 0.15) is 23.7 Å². The number of likely N-dealkylation sites (N-methyl/N-ethyl adjacent to an activating group) is 1. The molecule has 3 aromatic rings. The van der Waals surface area contributed by atoms with Crippen LogP contribution in [0, 0.1) is 6.92 Å². The number of fused-ring (bicyclic) bond motifs is 1. The van der Waals surface area contributed by atoms with Gasteiger partial charge in [-0.1, -0.05) is 11.6 Å². The second-order valence-corrected chi connectivity index (χ2v) is 6.38. The summed E-state index contributed by atoms with van der Waals surface area (Å²) in [6.07, 6.45) is 0. The summed E-state index contributed by atoms with van der Waals surface area (Å²) >= 11 is 6.03. The number of hydrogen-bond donors (Lipinski definition) is 0. The molecule has 5 nitrogen and oxygen atoms in total. The quantitative estimate of drug-likeness (QED) is 0.635. The van der Waals surface area contributed by atoms with Gasteiger partial charge in [0.25, 0.3) is 5.91 Å². The van der Waals surface area contributed by atoms with Gasteiger partial charge in [0.2, 0.25) is 0 Å². The second-order valence-electron chi connectivity index (χ2n) is 5.95. The van der Waals surface area contributed by atoms with Crippen LogP contribution in [0.4, 0.5) is 0 Å². The lowest BCUT2D eigenvalue weighted by Crippen LogP contribution is -2.31. The Hall–Kier alpha value is -2.66. The van der Waals surface area contributed by atoms with Crippen molar-refractivity contribution in [1.29, 1.82) is 0 Å². The van der Waals surface area contributed by atoms with Gasteiger partial charge in [0, 0.05) is 23.0 Å². The third-order valence-electron chi connectivity index (χ3n) is 4.19. The van der Waals surface area contributed by atoms with Crippen LogP contribution < -0.4 is 9.47 Å². The Morgan fingerprint density at radius 3 is 2.54 bits per heavy atom. The maximum Gasteiger partial charge on any atom is 0.289 e. The van der Waals surface area contributed by atoms with E-state index in [4.69, 9.17) is 25.5 Å². The summed E-state index contributed by atoms with van der Waals surface area (Å²) in [7, 11) is 3.34. The summed E-state index contributed by atoms with van der Waals surface area (Å²) in [5, 5.41) is 1.46. The highest BCUT2D eigenvalue weighted by atomic mass is 35.5.